The topological polar surface area (TPSA) is 84.2 Å². The van der Waals surface area contributed by atoms with Crippen LogP contribution in [0.3, 0.4) is 0 Å². The number of fused-ring (bicyclic) bond motifs is 1. The van der Waals surface area contributed by atoms with E-state index in [9.17, 15) is 4.79 Å². The molecule has 2 fully saturated rings. The quantitative estimate of drug-likeness (QED) is 0.771. The van der Waals surface area contributed by atoms with Gasteiger partial charge in [-0.2, -0.15) is 5.10 Å². The van der Waals surface area contributed by atoms with Crippen LogP contribution in [0, 0.1) is 0 Å². The molecule has 3 N–H and O–H groups in total. The number of H-pyrrole nitrogens is 1. The van der Waals surface area contributed by atoms with Crippen LogP contribution in [-0.4, -0.2) is 46.3 Å². The number of hydrogen-bond donors (Lipinski definition) is 2. The van der Waals surface area contributed by atoms with Crippen LogP contribution in [0.5, 0.6) is 0 Å². The van der Waals surface area contributed by atoms with E-state index < -0.39 is 0 Å². The van der Waals surface area contributed by atoms with Crippen LogP contribution in [0.4, 0.5) is 5.82 Å². The first-order chi connectivity index (χ1) is 8.77. The molecule has 2 heterocycles. The summed E-state index contributed by atoms with van der Waals surface area (Å²) >= 11 is 0. The van der Waals surface area contributed by atoms with Crippen LogP contribution < -0.4 is 5.73 Å². The van der Waals surface area contributed by atoms with Gasteiger partial charge in [-0.1, -0.05) is 12.8 Å². The van der Waals surface area contributed by atoms with Crippen molar-refractivity contribution in [2.75, 3.05) is 18.9 Å². The number of aromatic amines is 1. The smallest absolute Gasteiger partial charge is 0.259 e. The zero-order chi connectivity index (χ0) is 12.5. The zero-order valence-corrected chi connectivity index (χ0v) is 10.3. The molecular formula is C12H18N4O2. The Morgan fingerprint density at radius 3 is 3.11 bits per heavy atom. The molecule has 1 aliphatic carbocycles. The fraction of sp³-hybridized carbons (Fsp3) is 0.667. The second kappa shape index (κ2) is 4.61. The summed E-state index contributed by atoms with van der Waals surface area (Å²) in [6.07, 6.45) is 6.13. The predicted molar refractivity (Wildman–Crippen MR) is 66.0 cm³/mol. The number of nitrogens with zero attached hydrogens (tertiary/aromatic N) is 2. The molecule has 1 saturated heterocycles. The van der Waals surface area contributed by atoms with Gasteiger partial charge in [0.15, 0.2) is 0 Å². The lowest BCUT2D eigenvalue weighted by Gasteiger charge is -2.43. The molecule has 1 amide bonds. The third-order valence-corrected chi connectivity index (χ3v) is 3.89. The van der Waals surface area contributed by atoms with Crippen molar-refractivity contribution in [3.63, 3.8) is 0 Å². The van der Waals surface area contributed by atoms with Crippen LogP contribution >= 0.6 is 0 Å². The number of aromatic nitrogens is 2. The Morgan fingerprint density at radius 1 is 1.50 bits per heavy atom. The van der Waals surface area contributed by atoms with Crippen molar-refractivity contribution in [1.29, 1.82) is 0 Å². The van der Waals surface area contributed by atoms with Gasteiger partial charge in [0.25, 0.3) is 5.91 Å². The Hall–Kier alpha value is -1.56. The van der Waals surface area contributed by atoms with E-state index in [4.69, 9.17) is 10.5 Å². The van der Waals surface area contributed by atoms with Crippen molar-refractivity contribution in [3.8, 4) is 0 Å². The van der Waals surface area contributed by atoms with Crippen molar-refractivity contribution >= 4 is 11.7 Å². The average molecular weight is 250 g/mol. The highest BCUT2D eigenvalue weighted by Crippen LogP contribution is 2.29. The van der Waals surface area contributed by atoms with Crippen molar-refractivity contribution in [3.05, 3.63) is 11.8 Å². The van der Waals surface area contributed by atoms with E-state index in [0.717, 1.165) is 19.3 Å². The summed E-state index contributed by atoms with van der Waals surface area (Å²) < 4.78 is 5.76. The lowest BCUT2D eigenvalue weighted by Crippen LogP contribution is -2.54. The van der Waals surface area contributed by atoms with Crippen LogP contribution in [0.15, 0.2) is 6.20 Å². The van der Waals surface area contributed by atoms with Crippen molar-refractivity contribution < 1.29 is 9.53 Å². The average Bonchev–Trinajstić information content (AvgIpc) is 2.83. The first-order valence-electron chi connectivity index (χ1n) is 6.49. The molecule has 1 aromatic rings. The normalized spacial score (nSPS) is 27.9. The van der Waals surface area contributed by atoms with Gasteiger partial charge in [0.1, 0.15) is 11.4 Å². The zero-order valence-electron chi connectivity index (χ0n) is 10.3. The highest BCUT2D eigenvalue weighted by molar-refractivity contribution is 5.98. The Balaban J connectivity index is 1.82. The minimum absolute atomic E-state index is 0.0264. The first kappa shape index (κ1) is 11.5. The lowest BCUT2D eigenvalue weighted by molar-refractivity contribution is -0.0752. The number of nitrogens with two attached hydrogens (primary N) is 1. The summed E-state index contributed by atoms with van der Waals surface area (Å²) in [4.78, 5) is 14.4. The summed E-state index contributed by atoms with van der Waals surface area (Å²) in [6, 6.07) is 0.203. The van der Waals surface area contributed by atoms with Gasteiger partial charge in [-0.3, -0.25) is 9.89 Å². The van der Waals surface area contributed by atoms with Crippen molar-refractivity contribution in [2.45, 2.75) is 37.8 Å². The number of rotatable bonds is 1. The standard InChI is InChI=1S/C12H18N4O2/c13-11-8(7-14-15-11)12(17)16-5-6-18-10-4-2-1-3-9(10)16/h7,9-10H,1-6H2,(H3,13,14,15). The van der Waals surface area contributed by atoms with E-state index in [0.29, 0.717) is 24.5 Å². The number of morpholine rings is 1. The van der Waals surface area contributed by atoms with E-state index in [1.54, 1.807) is 0 Å². The molecule has 2 atom stereocenters. The summed E-state index contributed by atoms with van der Waals surface area (Å²) in [6.45, 7) is 1.26. The van der Waals surface area contributed by atoms with Crippen molar-refractivity contribution in [2.24, 2.45) is 0 Å². The van der Waals surface area contributed by atoms with Crippen LogP contribution in [0.1, 0.15) is 36.0 Å². The highest BCUT2D eigenvalue weighted by Gasteiger charge is 2.37. The van der Waals surface area contributed by atoms with Crippen molar-refractivity contribution in [1.82, 2.24) is 15.1 Å². The maximum absolute atomic E-state index is 12.5. The Kier molecular flexibility index (Phi) is 2.95. The molecule has 18 heavy (non-hydrogen) atoms. The predicted octanol–water partition coefficient (Wildman–Crippen LogP) is 0.775. The number of hydrogen-bond acceptors (Lipinski definition) is 4. The molecule has 6 heteroatoms. The highest BCUT2D eigenvalue weighted by atomic mass is 16.5. The first-order valence-corrected chi connectivity index (χ1v) is 6.49. The van der Waals surface area contributed by atoms with Gasteiger partial charge in [-0.15, -0.1) is 0 Å². The Labute approximate surface area is 105 Å². The third-order valence-electron chi connectivity index (χ3n) is 3.89. The van der Waals surface area contributed by atoms with Gasteiger partial charge in [-0.05, 0) is 12.8 Å². The van der Waals surface area contributed by atoms with E-state index in [-0.39, 0.29) is 18.1 Å². The maximum atomic E-state index is 12.5. The van der Waals surface area contributed by atoms with E-state index >= 15 is 0 Å². The number of amides is 1. The van der Waals surface area contributed by atoms with Gasteiger partial charge in [-0.25, -0.2) is 0 Å². The SMILES string of the molecule is Nc1[nH]ncc1C(=O)N1CCOC2CCCCC21. The molecule has 0 spiro atoms. The molecule has 1 aromatic heterocycles. The van der Waals surface area contributed by atoms with Gasteiger partial charge in [0.05, 0.1) is 24.9 Å². The molecule has 98 valence electrons. The third kappa shape index (κ3) is 1.86. The van der Waals surface area contributed by atoms with Gasteiger partial charge >= 0.3 is 0 Å². The molecule has 1 aliphatic heterocycles. The molecule has 2 unspecified atom stereocenters. The second-order valence-electron chi connectivity index (χ2n) is 4.96. The molecular weight excluding hydrogens is 232 g/mol. The van der Waals surface area contributed by atoms with E-state index in [2.05, 4.69) is 10.2 Å². The number of carbonyl (C=O) groups is 1. The molecule has 0 aromatic carbocycles. The fourth-order valence-electron chi connectivity index (χ4n) is 2.97. The largest absolute Gasteiger partial charge is 0.383 e. The molecule has 6 nitrogen and oxygen atoms in total. The minimum atomic E-state index is -0.0264. The van der Waals surface area contributed by atoms with Gasteiger partial charge in [0.2, 0.25) is 0 Å². The van der Waals surface area contributed by atoms with Gasteiger partial charge < -0.3 is 15.4 Å². The fourth-order valence-corrected chi connectivity index (χ4v) is 2.97. The Bertz CT molecular complexity index is 443. The maximum Gasteiger partial charge on any atom is 0.259 e. The Morgan fingerprint density at radius 2 is 2.33 bits per heavy atom. The van der Waals surface area contributed by atoms with Crippen LogP contribution in [0.2, 0.25) is 0 Å². The molecule has 0 radical (unpaired) electrons. The van der Waals surface area contributed by atoms with E-state index in [1.165, 1.54) is 12.6 Å². The number of nitrogens with one attached hydrogen (secondary N) is 1. The van der Waals surface area contributed by atoms with E-state index in [1.807, 2.05) is 4.90 Å². The van der Waals surface area contributed by atoms with Gasteiger partial charge in [0, 0.05) is 6.54 Å². The summed E-state index contributed by atoms with van der Waals surface area (Å²) in [5, 5.41) is 6.42. The molecule has 1 saturated carbocycles. The second-order valence-corrected chi connectivity index (χ2v) is 4.96. The summed E-state index contributed by atoms with van der Waals surface area (Å²) in [7, 11) is 0. The molecule has 3 rings (SSSR count). The monoisotopic (exact) mass is 250 g/mol. The number of ether oxygens (including phenoxy) is 1. The summed E-state index contributed by atoms with van der Waals surface area (Å²) in [5.41, 5.74) is 6.19. The summed E-state index contributed by atoms with van der Waals surface area (Å²) in [5.74, 6) is 0.320. The van der Waals surface area contributed by atoms with Crippen LogP contribution in [-0.2, 0) is 4.74 Å². The molecule has 0 bridgehead atoms. The van der Waals surface area contributed by atoms with Crippen LogP contribution in [0.25, 0.3) is 0 Å². The lowest BCUT2D eigenvalue weighted by atomic mass is 9.90. The number of nitrogen functional groups attached to an aromatic ring is 1. The number of carbonyl (C=O) groups excluding carboxylic acids is 1. The number of anilines is 1. The molecule has 2 aliphatic rings. The minimum Gasteiger partial charge on any atom is -0.383 e.